The minimum Gasteiger partial charge on any atom is -0.454 e. The third-order valence-corrected chi connectivity index (χ3v) is 3.70. The lowest BCUT2D eigenvalue weighted by Crippen LogP contribution is -2.33. The van der Waals surface area contributed by atoms with Gasteiger partial charge in [-0.2, -0.15) is 0 Å². The van der Waals surface area contributed by atoms with E-state index in [9.17, 15) is 4.79 Å². The molecule has 2 aliphatic rings. The number of fused-ring (bicyclic) bond motifs is 1. The molecule has 6 nitrogen and oxygen atoms in total. The first-order valence-electron chi connectivity index (χ1n) is 6.94. The van der Waals surface area contributed by atoms with Crippen LogP contribution in [0.5, 0.6) is 11.5 Å². The summed E-state index contributed by atoms with van der Waals surface area (Å²) in [4.78, 5) is 14.5. The van der Waals surface area contributed by atoms with E-state index < -0.39 is 0 Å². The number of carbonyl (C=O) groups excluding carboxylic acids is 1. The number of rotatable bonds is 4. The van der Waals surface area contributed by atoms with E-state index in [0.717, 1.165) is 19.6 Å². The summed E-state index contributed by atoms with van der Waals surface area (Å²) in [5.74, 6) is 1.00. The quantitative estimate of drug-likeness (QED) is 0.797. The van der Waals surface area contributed by atoms with Crippen molar-refractivity contribution in [2.45, 2.75) is 12.8 Å². The summed E-state index contributed by atoms with van der Waals surface area (Å²) in [7, 11) is 0. The van der Waals surface area contributed by atoms with Crippen LogP contribution in [0.4, 0.5) is 5.69 Å². The molecule has 3 rings (SSSR count). The molecular weight excluding hydrogens is 258 g/mol. The molecular formula is C14H19N3O3. The lowest BCUT2D eigenvalue weighted by molar-refractivity contribution is 0.0950. The van der Waals surface area contributed by atoms with Gasteiger partial charge in [0.15, 0.2) is 11.5 Å². The van der Waals surface area contributed by atoms with Crippen molar-refractivity contribution in [3.05, 3.63) is 17.7 Å². The molecule has 6 heteroatoms. The molecule has 0 bridgehead atoms. The number of ether oxygens (including phenoxy) is 2. The first-order chi connectivity index (χ1) is 9.74. The van der Waals surface area contributed by atoms with Crippen LogP contribution in [-0.4, -0.2) is 43.8 Å². The van der Waals surface area contributed by atoms with Crippen molar-refractivity contribution in [2.75, 3.05) is 38.7 Å². The van der Waals surface area contributed by atoms with E-state index in [1.165, 1.54) is 12.8 Å². The van der Waals surface area contributed by atoms with E-state index in [-0.39, 0.29) is 12.7 Å². The largest absolute Gasteiger partial charge is 0.454 e. The van der Waals surface area contributed by atoms with E-state index in [1.807, 2.05) is 0 Å². The topological polar surface area (TPSA) is 76.8 Å². The van der Waals surface area contributed by atoms with Crippen LogP contribution in [0.15, 0.2) is 12.1 Å². The number of nitrogens with zero attached hydrogens (tertiary/aromatic N) is 1. The number of nitrogen functional groups attached to an aromatic ring is 1. The second kappa shape index (κ2) is 5.58. The van der Waals surface area contributed by atoms with Crippen LogP contribution in [-0.2, 0) is 0 Å². The molecule has 1 fully saturated rings. The third-order valence-electron chi connectivity index (χ3n) is 3.70. The number of carbonyl (C=O) groups is 1. The summed E-state index contributed by atoms with van der Waals surface area (Å²) in [5.41, 5.74) is 6.73. The van der Waals surface area contributed by atoms with Crippen molar-refractivity contribution >= 4 is 11.6 Å². The van der Waals surface area contributed by atoms with E-state index in [0.29, 0.717) is 29.3 Å². The van der Waals surface area contributed by atoms with Crippen molar-refractivity contribution in [3.63, 3.8) is 0 Å². The number of amides is 1. The second-order valence-corrected chi connectivity index (χ2v) is 5.10. The van der Waals surface area contributed by atoms with Gasteiger partial charge in [-0.1, -0.05) is 0 Å². The molecule has 2 heterocycles. The average Bonchev–Trinajstić information content (AvgIpc) is 3.08. The molecule has 20 heavy (non-hydrogen) atoms. The highest BCUT2D eigenvalue weighted by molar-refractivity contribution is 6.00. The molecule has 1 aromatic rings. The van der Waals surface area contributed by atoms with Crippen molar-refractivity contribution in [1.29, 1.82) is 0 Å². The molecule has 1 amide bonds. The fourth-order valence-corrected chi connectivity index (χ4v) is 2.58. The zero-order chi connectivity index (χ0) is 13.9. The Morgan fingerprint density at radius 1 is 1.25 bits per heavy atom. The number of nitrogens with two attached hydrogens (primary N) is 1. The molecule has 2 aliphatic heterocycles. The fraction of sp³-hybridized carbons (Fsp3) is 0.500. The Kier molecular flexibility index (Phi) is 3.64. The van der Waals surface area contributed by atoms with Crippen LogP contribution in [0, 0.1) is 0 Å². The highest BCUT2D eigenvalue weighted by Gasteiger charge is 2.19. The van der Waals surface area contributed by atoms with Gasteiger partial charge in [0, 0.05) is 24.8 Å². The fourth-order valence-electron chi connectivity index (χ4n) is 2.58. The molecule has 108 valence electrons. The van der Waals surface area contributed by atoms with Gasteiger partial charge in [0.25, 0.3) is 5.91 Å². The van der Waals surface area contributed by atoms with Gasteiger partial charge in [0.05, 0.1) is 5.56 Å². The monoisotopic (exact) mass is 277 g/mol. The Hall–Kier alpha value is -1.95. The highest BCUT2D eigenvalue weighted by atomic mass is 16.7. The zero-order valence-corrected chi connectivity index (χ0v) is 11.4. The number of hydrogen-bond donors (Lipinski definition) is 2. The Morgan fingerprint density at radius 3 is 2.70 bits per heavy atom. The van der Waals surface area contributed by atoms with Gasteiger partial charge >= 0.3 is 0 Å². The maximum absolute atomic E-state index is 12.1. The van der Waals surface area contributed by atoms with Gasteiger partial charge in [-0.3, -0.25) is 4.79 Å². The Balaban J connectivity index is 1.59. The molecule has 0 saturated carbocycles. The van der Waals surface area contributed by atoms with E-state index in [4.69, 9.17) is 15.2 Å². The Morgan fingerprint density at radius 2 is 1.95 bits per heavy atom. The molecule has 0 atom stereocenters. The van der Waals surface area contributed by atoms with E-state index in [2.05, 4.69) is 10.2 Å². The van der Waals surface area contributed by atoms with Crippen LogP contribution < -0.4 is 20.5 Å². The normalized spacial score (nSPS) is 17.4. The van der Waals surface area contributed by atoms with Crippen LogP contribution >= 0.6 is 0 Å². The van der Waals surface area contributed by atoms with Crippen LogP contribution in [0.25, 0.3) is 0 Å². The van der Waals surface area contributed by atoms with Crippen LogP contribution in [0.1, 0.15) is 23.2 Å². The summed E-state index contributed by atoms with van der Waals surface area (Å²) >= 11 is 0. The summed E-state index contributed by atoms with van der Waals surface area (Å²) in [6.07, 6.45) is 2.51. The summed E-state index contributed by atoms with van der Waals surface area (Å²) < 4.78 is 10.5. The second-order valence-electron chi connectivity index (χ2n) is 5.10. The molecule has 0 spiro atoms. The SMILES string of the molecule is Nc1cc2c(cc1C(=O)NCCN1CCCC1)OCO2. The highest BCUT2D eigenvalue weighted by Crippen LogP contribution is 2.35. The summed E-state index contributed by atoms with van der Waals surface area (Å²) in [6.45, 7) is 3.95. The molecule has 1 saturated heterocycles. The number of benzene rings is 1. The third kappa shape index (κ3) is 2.65. The predicted molar refractivity (Wildman–Crippen MR) is 75.0 cm³/mol. The van der Waals surface area contributed by atoms with Gasteiger partial charge in [-0.05, 0) is 32.0 Å². The van der Waals surface area contributed by atoms with Gasteiger partial charge in [0.2, 0.25) is 6.79 Å². The van der Waals surface area contributed by atoms with Crippen LogP contribution in [0.3, 0.4) is 0 Å². The summed E-state index contributed by atoms with van der Waals surface area (Å²) in [5, 5.41) is 2.90. The van der Waals surface area contributed by atoms with Gasteiger partial charge in [0.1, 0.15) is 0 Å². The first-order valence-corrected chi connectivity index (χ1v) is 6.94. The average molecular weight is 277 g/mol. The standard InChI is InChI=1S/C14H19N3O3/c15-11-8-13-12(19-9-20-13)7-10(11)14(18)16-3-6-17-4-1-2-5-17/h7-8H,1-6,9,15H2,(H,16,18). The van der Waals surface area contributed by atoms with Gasteiger partial charge < -0.3 is 25.4 Å². The minimum atomic E-state index is -0.167. The van der Waals surface area contributed by atoms with Crippen molar-refractivity contribution < 1.29 is 14.3 Å². The number of nitrogens with one attached hydrogen (secondary N) is 1. The lowest BCUT2D eigenvalue weighted by atomic mass is 10.1. The van der Waals surface area contributed by atoms with Crippen molar-refractivity contribution in [2.24, 2.45) is 0 Å². The van der Waals surface area contributed by atoms with Crippen LogP contribution in [0.2, 0.25) is 0 Å². The number of hydrogen-bond acceptors (Lipinski definition) is 5. The molecule has 0 aromatic heterocycles. The van der Waals surface area contributed by atoms with Gasteiger partial charge in [-0.15, -0.1) is 0 Å². The van der Waals surface area contributed by atoms with E-state index >= 15 is 0 Å². The van der Waals surface area contributed by atoms with E-state index in [1.54, 1.807) is 12.1 Å². The maximum atomic E-state index is 12.1. The number of anilines is 1. The minimum absolute atomic E-state index is 0.167. The first kappa shape index (κ1) is 13.1. The maximum Gasteiger partial charge on any atom is 0.253 e. The van der Waals surface area contributed by atoms with Gasteiger partial charge in [-0.25, -0.2) is 0 Å². The number of likely N-dealkylation sites (tertiary alicyclic amines) is 1. The Bertz CT molecular complexity index is 513. The Labute approximate surface area is 117 Å². The summed E-state index contributed by atoms with van der Waals surface area (Å²) in [6, 6.07) is 3.28. The molecule has 0 radical (unpaired) electrons. The molecule has 1 aromatic carbocycles. The van der Waals surface area contributed by atoms with Crippen molar-refractivity contribution in [3.8, 4) is 11.5 Å². The van der Waals surface area contributed by atoms with Crippen molar-refractivity contribution in [1.82, 2.24) is 10.2 Å². The molecule has 0 unspecified atom stereocenters. The molecule has 0 aliphatic carbocycles. The zero-order valence-electron chi connectivity index (χ0n) is 11.4. The smallest absolute Gasteiger partial charge is 0.253 e. The lowest BCUT2D eigenvalue weighted by Gasteiger charge is -2.15. The molecule has 3 N–H and O–H groups in total. The predicted octanol–water partition coefficient (Wildman–Crippen LogP) is 0.823.